The maximum absolute atomic E-state index is 6.79. The van der Waals surface area contributed by atoms with Crippen LogP contribution in [-0.2, 0) is 0 Å². The third-order valence-electron chi connectivity index (χ3n) is 11.8. The lowest BCUT2D eigenvalue weighted by molar-refractivity contribution is 0.488. The van der Waals surface area contributed by atoms with E-state index in [1.165, 1.54) is 71.6 Å². The maximum Gasteiger partial charge on any atom is 0.134 e. The SMILES string of the molecule is C[Si]1(C)c2ccccc2Oc2c(-c3ccc(-c4c(-c5ccccc5)c(-c5ccccc5)c(-c5ccccc5)c(-c5ccccc5)c4-c4ccccc4)cc3)cccc21. The normalized spacial score (nSPS) is 12.6. The second-order valence-electron chi connectivity index (χ2n) is 15.6. The molecular formula is C56H42OSi. The molecule has 0 saturated carbocycles. The van der Waals surface area contributed by atoms with Crippen molar-refractivity contribution < 1.29 is 4.74 Å². The van der Waals surface area contributed by atoms with Gasteiger partial charge in [-0.2, -0.15) is 0 Å². The van der Waals surface area contributed by atoms with Crippen molar-refractivity contribution in [1.82, 2.24) is 0 Å². The summed E-state index contributed by atoms with van der Waals surface area (Å²) in [5, 5.41) is 2.68. The van der Waals surface area contributed by atoms with Gasteiger partial charge in [0.1, 0.15) is 19.6 Å². The van der Waals surface area contributed by atoms with Gasteiger partial charge in [-0.25, -0.2) is 0 Å². The summed E-state index contributed by atoms with van der Waals surface area (Å²) >= 11 is 0. The number of fused-ring (bicyclic) bond motifs is 2. The molecule has 0 N–H and O–H groups in total. The Kier molecular flexibility index (Phi) is 9.05. The highest BCUT2D eigenvalue weighted by Gasteiger charge is 2.37. The van der Waals surface area contributed by atoms with E-state index >= 15 is 0 Å². The smallest absolute Gasteiger partial charge is 0.134 e. The largest absolute Gasteiger partial charge is 0.457 e. The van der Waals surface area contributed by atoms with Crippen molar-refractivity contribution in [2.75, 3.05) is 0 Å². The summed E-state index contributed by atoms with van der Waals surface area (Å²) < 4.78 is 6.79. The second-order valence-corrected chi connectivity index (χ2v) is 19.9. The van der Waals surface area contributed by atoms with Crippen molar-refractivity contribution in [3.8, 4) is 89.4 Å². The van der Waals surface area contributed by atoms with Crippen molar-refractivity contribution in [1.29, 1.82) is 0 Å². The van der Waals surface area contributed by atoms with Gasteiger partial charge in [0.05, 0.1) is 0 Å². The van der Waals surface area contributed by atoms with Crippen LogP contribution in [0, 0.1) is 0 Å². The van der Waals surface area contributed by atoms with Gasteiger partial charge in [0.25, 0.3) is 0 Å². The zero-order chi connectivity index (χ0) is 39.1. The summed E-state index contributed by atoms with van der Waals surface area (Å²) in [4.78, 5) is 0. The molecule has 0 radical (unpaired) electrons. The lowest BCUT2D eigenvalue weighted by Crippen LogP contribution is -2.56. The highest BCUT2D eigenvalue weighted by Crippen LogP contribution is 2.56. The number of hydrogen-bond donors (Lipinski definition) is 0. The van der Waals surface area contributed by atoms with Crippen molar-refractivity contribution in [3.63, 3.8) is 0 Å². The molecular weight excluding hydrogens is 717 g/mol. The fraction of sp³-hybridized carbons (Fsp3) is 0.0357. The quantitative estimate of drug-likeness (QED) is 0.147. The third kappa shape index (κ3) is 6.10. The minimum atomic E-state index is -1.99. The van der Waals surface area contributed by atoms with Gasteiger partial charge in [-0.05, 0) is 88.8 Å². The predicted octanol–water partition coefficient (Wildman–Crippen LogP) is 14.3. The molecule has 9 aromatic carbocycles. The fourth-order valence-corrected chi connectivity index (χ4v) is 11.8. The molecule has 0 fully saturated rings. The molecule has 1 nitrogen and oxygen atoms in total. The maximum atomic E-state index is 6.79. The average molecular weight is 759 g/mol. The summed E-state index contributed by atoms with van der Waals surface area (Å²) in [6.45, 7) is 4.87. The molecule has 0 aromatic heterocycles. The zero-order valence-electron chi connectivity index (χ0n) is 32.7. The molecule has 10 rings (SSSR count). The highest BCUT2D eigenvalue weighted by atomic mass is 28.3. The summed E-state index contributed by atoms with van der Waals surface area (Å²) in [5.74, 6) is 1.97. The molecule has 0 unspecified atom stereocenters. The van der Waals surface area contributed by atoms with Crippen LogP contribution in [0.15, 0.2) is 218 Å². The number of benzene rings is 9. The molecule has 2 heteroatoms. The van der Waals surface area contributed by atoms with Crippen LogP contribution in [0.3, 0.4) is 0 Å². The van der Waals surface area contributed by atoms with E-state index in [1.54, 1.807) is 0 Å². The minimum absolute atomic E-state index is 0.983. The van der Waals surface area contributed by atoms with E-state index in [9.17, 15) is 0 Å². The van der Waals surface area contributed by atoms with Gasteiger partial charge in [0, 0.05) is 5.56 Å². The first kappa shape index (κ1) is 35.4. The number of rotatable bonds is 7. The summed E-state index contributed by atoms with van der Waals surface area (Å²) in [5.41, 5.74) is 16.6. The lowest BCUT2D eigenvalue weighted by atomic mass is 9.74. The van der Waals surface area contributed by atoms with E-state index < -0.39 is 8.07 Å². The Balaban J connectivity index is 1.31. The first-order chi connectivity index (χ1) is 28.6. The van der Waals surface area contributed by atoms with Gasteiger partial charge in [0.2, 0.25) is 0 Å². The molecule has 58 heavy (non-hydrogen) atoms. The standard InChI is InChI=1S/C56H42OSi/c1-58(2)48-33-19-18-32-47(48)57-56-46(31-20-34-49(56)58)39-35-37-45(38-36-39)55-53(43-27-14-6-15-28-43)51(41-23-10-4-11-24-41)50(40-21-8-3-9-22-40)52(42-25-12-5-13-26-42)54(55)44-29-16-7-17-30-44/h3-38H,1-2H3. The Bertz CT molecular complexity index is 2780. The first-order valence-electron chi connectivity index (χ1n) is 20.1. The fourth-order valence-electron chi connectivity index (χ4n) is 9.02. The molecule has 0 amide bonds. The van der Waals surface area contributed by atoms with E-state index in [2.05, 4.69) is 231 Å². The van der Waals surface area contributed by atoms with Crippen molar-refractivity contribution in [2.45, 2.75) is 13.1 Å². The Morgan fingerprint density at radius 2 is 0.586 bits per heavy atom. The molecule has 9 aromatic rings. The van der Waals surface area contributed by atoms with Gasteiger partial charge in [-0.1, -0.05) is 225 Å². The van der Waals surface area contributed by atoms with Crippen LogP contribution in [0.1, 0.15) is 0 Å². The Morgan fingerprint density at radius 3 is 0.983 bits per heavy atom. The van der Waals surface area contributed by atoms with Crippen LogP contribution < -0.4 is 15.1 Å². The third-order valence-corrected chi connectivity index (χ3v) is 15.3. The molecule has 0 bridgehead atoms. The summed E-state index contributed by atoms with van der Waals surface area (Å²) in [6, 6.07) is 79.3. The Hall–Kier alpha value is -7.00. The van der Waals surface area contributed by atoms with Crippen LogP contribution in [0.4, 0.5) is 0 Å². The lowest BCUT2D eigenvalue weighted by Gasteiger charge is -2.34. The monoisotopic (exact) mass is 758 g/mol. The van der Waals surface area contributed by atoms with Gasteiger partial charge < -0.3 is 4.74 Å². The van der Waals surface area contributed by atoms with Crippen LogP contribution >= 0.6 is 0 Å². The van der Waals surface area contributed by atoms with Crippen LogP contribution in [0.5, 0.6) is 11.5 Å². The van der Waals surface area contributed by atoms with Gasteiger partial charge in [0.15, 0.2) is 0 Å². The van der Waals surface area contributed by atoms with Gasteiger partial charge in [-0.3, -0.25) is 0 Å². The summed E-state index contributed by atoms with van der Waals surface area (Å²) in [7, 11) is -1.99. The number of para-hydroxylation sites is 2. The average Bonchev–Trinajstić information content (AvgIpc) is 3.29. The molecule has 0 saturated heterocycles. The van der Waals surface area contributed by atoms with Gasteiger partial charge in [-0.15, -0.1) is 0 Å². The topological polar surface area (TPSA) is 9.23 Å². The zero-order valence-corrected chi connectivity index (χ0v) is 33.7. The Morgan fingerprint density at radius 1 is 0.276 bits per heavy atom. The molecule has 0 atom stereocenters. The minimum Gasteiger partial charge on any atom is -0.457 e. The highest BCUT2D eigenvalue weighted by molar-refractivity contribution is 7.01. The van der Waals surface area contributed by atoms with E-state index in [1.807, 2.05) is 0 Å². The van der Waals surface area contributed by atoms with Gasteiger partial charge >= 0.3 is 0 Å². The van der Waals surface area contributed by atoms with E-state index in [4.69, 9.17) is 4.74 Å². The number of ether oxygens (including phenoxy) is 1. The van der Waals surface area contributed by atoms with Crippen LogP contribution in [0.2, 0.25) is 13.1 Å². The molecule has 0 spiro atoms. The van der Waals surface area contributed by atoms with E-state index in [0.717, 1.165) is 28.2 Å². The molecule has 0 aliphatic carbocycles. The predicted molar refractivity (Wildman–Crippen MR) is 248 cm³/mol. The van der Waals surface area contributed by atoms with E-state index in [-0.39, 0.29) is 0 Å². The molecule has 1 aliphatic heterocycles. The molecule has 276 valence electrons. The Labute approximate surface area is 342 Å². The summed E-state index contributed by atoms with van der Waals surface area (Å²) in [6.07, 6.45) is 0. The molecule has 1 heterocycles. The number of hydrogen-bond acceptors (Lipinski definition) is 1. The van der Waals surface area contributed by atoms with E-state index in [0.29, 0.717) is 0 Å². The van der Waals surface area contributed by atoms with Crippen molar-refractivity contribution in [3.05, 3.63) is 218 Å². The molecule has 1 aliphatic rings. The first-order valence-corrected chi connectivity index (χ1v) is 23.1. The van der Waals surface area contributed by atoms with Crippen molar-refractivity contribution >= 4 is 18.4 Å². The van der Waals surface area contributed by atoms with Crippen molar-refractivity contribution in [2.24, 2.45) is 0 Å². The van der Waals surface area contributed by atoms with Crippen LogP contribution in [-0.4, -0.2) is 8.07 Å². The second kappa shape index (κ2) is 14.8. The van der Waals surface area contributed by atoms with Crippen LogP contribution in [0.25, 0.3) is 77.9 Å².